The summed E-state index contributed by atoms with van der Waals surface area (Å²) in [5, 5.41) is 9.11. The van der Waals surface area contributed by atoms with E-state index >= 15 is 0 Å². The molecule has 0 atom stereocenters. The first kappa shape index (κ1) is 7.85. The van der Waals surface area contributed by atoms with Crippen LogP contribution in [0.1, 0.15) is 5.56 Å². The second-order valence-corrected chi connectivity index (χ2v) is 2.28. The van der Waals surface area contributed by atoms with Crippen molar-refractivity contribution >= 4 is 0 Å². The van der Waals surface area contributed by atoms with Crippen LogP contribution < -0.4 is 4.74 Å². The van der Waals surface area contributed by atoms with E-state index in [1.807, 2.05) is 0 Å². The molecule has 0 unspecified atom stereocenters. The van der Waals surface area contributed by atoms with Crippen LogP contribution in [0.25, 0.3) is 0 Å². The SMILES string of the molecule is COc1c(C)cc(F)cc1O. The molecular weight excluding hydrogens is 147 g/mol. The van der Waals surface area contributed by atoms with Gasteiger partial charge < -0.3 is 9.84 Å². The molecule has 0 aliphatic heterocycles. The maximum atomic E-state index is 12.5. The van der Waals surface area contributed by atoms with Gasteiger partial charge in [0.1, 0.15) is 5.82 Å². The predicted octanol–water partition coefficient (Wildman–Crippen LogP) is 1.85. The van der Waals surface area contributed by atoms with Crippen LogP contribution in [0.15, 0.2) is 12.1 Å². The molecule has 60 valence electrons. The number of hydrogen-bond donors (Lipinski definition) is 1. The molecule has 0 aliphatic carbocycles. The number of ether oxygens (including phenoxy) is 1. The highest BCUT2D eigenvalue weighted by Crippen LogP contribution is 2.29. The quantitative estimate of drug-likeness (QED) is 0.672. The van der Waals surface area contributed by atoms with E-state index in [0.717, 1.165) is 6.07 Å². The number of rotatable bonds is 1. The molecule has 2 nitrogen and oxygen atoms in total. The van der Waals surface area contributed by atoms with Gasteiger partial charge in [0, 0.05) is 6.07 Å². The summed E-state index contributed by atoms with van der Waals surface area (Å²) in [7, 11) is 1.43. The molecule has 0 radical (unpaired) electrons. The smallest absolute Gasteiger partial charge is 0.163 e. The highest BCUT2D eigenvalue weighted by atomic mass is 19.1. The Labute approximate surface area is 64.2 Å². The summed E-state index contributed by atoms with van der Waals surface area (Å²) in [4.78, 5) is 0. The van der Waals surface area contributed by atoms with Gasteiger partial charge >= 0.3 is 0 Å². The number of phenolic OH excluding ortho intramolecular Hbond substituents is 1. The fourth-order valence-corrected chi connectivity index (χ4v) is 0.978. The highest BCUT2D eigenvalue weighted by Gasteiger charge is 2.06. The third-order valence-electron chi connectivity index (χ3n) is 1.42. The molecule has 0 aliphatic rings. The van der Waals surface area contributed by atoms with Crippen molar-refractivity contribution in [3.63, 3.8) is 0 Å². The summed E-state index contributed by atoms with van der Waals surface area (Å²) in [6, 6.07) is 2.32. The van der Waals surface area contributed by atoms with Gasteiger partial charge in [0.05, 0.1) is 7.11 Å². The fourth-order valence-electron chi connectivity index (χ4n) is 0.978. The van der Waals surface area contributed by atoms with E-state index in [9.17, 15) is 4.39 Å². The molecule has 0 aromatic heterocycles. The molecule has 0 fully saturated rings. The summed E-state index contributed by atoms with van der Waals surface area (Å²) in [6.45, 7) is 1.67. The number of halogens is 1. The second-order valence-electron chi connectivity index (χ2n) is 2.28. The number of benzene rings is 1. The Morgan fingerprint density at radius 1 is 1.45 bits per heavy atom. The van der Waals surface area contributed by atoms with Crippen molar-refractivity contribution in [3.05, 3.63) is 23.5 Å². The third-order valence-corrected chi connectivity index (χ3v) is 1.42. The zero-order valence-corrected chi connectivity index (χ0v) is 6.39. The summed E-state index contributed by atoms with van der Waals surface area (Å²) in [5.41, 5.74) is 0.588. The standard InChI is InChI=1S/C8H9FO2/c1-5-3-6(9)4-7(10)8(5)11-2/h3-4,10H,1-2H3. The van der Waals surface area contributed by atoms with E-state index in [0.29, 0.717) is 11.3 Å². The molecule has 0 heterocycles. The molecule has 1 rings (SSSR count). The Bertz CT molecular complexity index is 248. The molecule has 0 saturated heterocycles. The Kier molecular flexibility index (Phi) is 1.98. The molecular formula is C8H9FO2. The Morgan fingerprint density at radius 3 is 2.55 bits per heavy atom. The maximum absolute atomic E-state index is 12.5. The minimum Gasteiger partial charge on any atom is -0.504 e. The van der Waals surface area contributed by atoms with Gasteiger partial charge in [0.25, 0.3) is 0 Å². The van der Waals surface area contributed by atoms with Crippen LogP contribution in [0, 0.1) is 12.7 Å². The van der Waals surface area contributed by atoms with Crippen molar-refractivity contribution in [2.24, 2.45) is 0 Å². The summed E-state index contributed by atoms with van der Waals surface area (Å²) in [5.74, 6) is -0.294. The monoisotopic (exact) mass is 156 g/mol. The van der Waals surface area contributed by atoms with Crippen LogP contribution >= 0.6 is 0 Å². The van der Waals surface area contributed by atoms with Crippen LogP contribution in [0.2, 0.25) is 0 Å². The van der Waals surface area contributed by atoms with Gasteiger partial charge in [-0.3, -0.25) is 0 Å². The number of aryl methyl sites for hydroxylation is 1. The van der Waals surface area contributed by atoms with Crippen molar-refractivity contribution < 1.29 is 14.2 Å². The van der Waals surface area contributed by atoms with Gasteiger partial charge in [-0.1, -0.05) is 0 Å². The summed E-state index contributed by atoms with van der Waals surface area (Å²) >= 11 is 0. The molecule has 1 aromatic rings. The lowest BCUT2D eigenvalue weighted by Crippen LogP contribution is -1.88. The van der Waals surface area contributed by atoms with E-state index in [2.05, 4.69) is 0 Å². The predicted molar refractivity (Wildman–Crippen MR) is 39.4 cm³/mol. The first-order valence-corrected chi connectivity index (χ1v) is 3.18. The van der Waals surface area contributed by atoms with Crippen LogP contribution in [-0.4, -0.2) is 12.2 Å². The molecule has 0 spiro atoms. The molecule has 1 N–H and O–H groups in total. The number of methoxy groups -OCH3 is 1. The fraction of sp³-hybridized carbons (Fsp3) is 0.250. The topological polar surface area (TPSA) is 29.5 Å². The van der Waals surface area contributed by atoms with Crippen LogP contribution in [0.5, 0.6) is 11.5 Å². The van der Waals surface area contributed by atoms with E-state index in [1.165, 1.54) is 13.2 Å². The first-order chi connectivity index (χ1) is 5.15. The summed E-state index contributed by atoms with van der Waals surface area (Å²) in [6.07, 6.45) is 0. The second kappa shape index (κ2) is 2.78. The third kappa shape index (κ3) is 1.42. The summed E-state index contributed by atoms with van der Waals surface area (Å²) < 4.78 is 17.3. The number of phenols is 1. The molecule has 0 amide bonds. The van der Waals surface area contributed by atoms with Crippen molar-refractivity contribution in [2.45, 2.75) is 6.92 Å². The normalized spacial score (nSPS) is 9.73. The average molecular weight is 156 g/mol. The van der Waals surface area contributed by atoms with Gasteiger partial charge in [-0.25, -0.2) is 4.39 Å². The molecule has 11 heavy (non-hydrogen) atoms. The lowest BCUT2D eigenvalue weighted by Gasteiger charge is -2.05. The minimum absolute atomic E-state index is 0.162. The van der Waals surface area contributed by atoms with Crippen molar-refractivity contribution in [2.75, 3.05) is 7.11 Å². The lowest BCUT2D eigenvalue weighted by atomic mass is 10.2. The van der Waals surface area contributed by atoms with E-state index in [1.54, 1.807) is 6.92 Å². The van der Waals surface area contributed by atoms with Crippen LogP contribution in [0.3, 0.4) is 0 Å². The Balaban J connectivity index is 3.25. The largest absolute Gasteiger partial charge is 0.504 e. The zero-order chi connectivity index (χ0) is 8.43. The minimum atomic E-state index is -0.458. The number of hydrogen-bond acceptors (Lipinski definition) is 2. The lowest BCUT2D eigenvalue weighted by molar-refractivity contribution is 0.368. The number of aromatic hydroxyl groups is 1. The van der Waals surface area contributed by atoms with Gasteiger partial charge in [-0.15, -0.1) is 0 Å². The Morgan fingerprint density at radius 2 is 2.09 bits per heavy atom. The molecule has 3 heteroatoms. The van der Waals surface area contributed by atoms with Crippen molar-refractivity contribution in [3.8, 4) is 11.5 Å². The average Bonchev–Trinajstić information content (AvgIpc) is 1.85. The first-order valence-electron chi connectivity index (χ1n) is 3.18. The van der Waals surface area contributed by atoms with Crippen LogP contribution in [-0.2, 0) is 0 Å². The highest BCUT2D eigenvalue weighted by molar-refractivity contribution is 5.45. The molecule has 0 saturated carbocycles. The molecule has 1 aromatic carbocycles. The van der Waals surface area contributed by atoms with Crippen LogP contribution in [0.4, 0.5) is 4.39 Å². The van der Waals surface area contributed by atoms with E-state index in [-0.39, 0.29) is 5.75 Å². The van der Waals surface area contributed by atoms with Gasteiger partial charge in [-0.05, 0) is 18.6 Å². The van der Waals surface area contributed by atoms with Gasteiger partial charge in [0.2, 0.25) is 0 Å². The zero-order valence-electron chi connectivity index (χ0n) is 6.39. The maximum Gasteiger partial charge on any atom is 0.163 e. The van der Waals surface area contributed by atoms with Crippen molar-refractivity contribution in [1.82, 2.24) is 0 Å². The van der Waals surface area contributed by atoms with Gasteiger partial charge in [-0.2, -0.15) is 0 Å². The van der Waals surface area contributed by atoms with E-state index < -0.39 is 5.82 Å². The van der Waals surface area contributed by atoms with E-state index in [4.69, 9.17) is 9.84 Å². The van der Waals surface area contributed by atoms with Gasteiger partial charge in [0.15, 0.2) is 11.5 Å². The Hall–Kier alpha value is -1.25. The molecule has 0 bridgehead atoms. The van der Waals surface area contributed by atoms with Crippen molar-refractivity contribution in [1.29, 1.82) is 0 Å².